The smallest absolute Gasteiger partial charge is 0.255 e. The zero-order valence-electron chi connectivity index (χ0n) is 15.0. The van der Waals surface area contributed by atoms with Gasteiger partial charge in [-0.2, -0.15) is 0 Å². The molecule has 0 spiro atoms. The van der Waals surface area contributed by atoms with Gasteiger partial charge < -0.3 is 10.6 Å². The van der Waals surface area contributed by atoms with Gasteiger partial charge in [-0.05, 0) is 69.0 Å². The second-order valence-electron chi connectivity index (χ2n) is 6.88. The van der Waals surface area contributed by atoms with E-state index in [4.69, 9.17) is 0 Å². The maximum Gasteiger partial charge on any atom is 0.255 e. The lowest BCUT2D eigenvalue weighted by molar-refractivity contribution is -0.117. The van der Waals surface area contributed by atoms with E-state index in [0.717, 1.165) is 29.1 Å². The van der Waals surface area contributed by atoms with E-state index in [-0.39, 0.29) is 17.7 Å². The predicted molar refractivity (Wildman–Crippen MR) is 98.7 cm³/mol. The number of amides is 2. The van der Waals surface area contributed by atoms with E-state index < -0.39 is 0 Å². The molecular formula is C20H23N3O2. The summed E-state index contributed by atoms with van der Waals surface area (Å²) >= 11 is 0. The average molecular weight is 337 g/mol. The highest BCUT2D eigenvalue weighted by Gasteiger charge is 2.39. The van der Waals surface area contributed by atoms with E-state index in [0.29, 0.717) is 17.2 Å². The molecule has 1 fully saturated rings. The third kappa shape index (κ3) is 3.87. The van der Waals surface area contributed by atoms with Crippen LogP contribution in [0.1, 0.15) is 40.7 Å². The Hall–Kier alpha value is -2.69. The Balaban J connectivity index is 1.68. The van der Waals surface area contributed by atoms with Gasteiger partial charge in [0.15, 0.2) is 0 Å². The number of carbonyl (C=O) groups is 2. The third-order valence-corrected chi connectivity index (χ3v) is 4.62. The molecule has 0 radical (unpaired) electrons. The van der Waals surface area contributed by atoms with Crippen molar-refractivity contribution in [3.05, 3.63) is 52.8 Å². The summed E-state index contributed by atoms with van der Waals surface area (Å²) in [6.45, 7) is 7.84. The Morgan fingerprint density at radius 2 is 1.72 bits per heavy atom. The Bertz CT molecular complexity index is 804. The zero-order chi connectivity index (χ0) is 18.1. The molecule has 25 heavy (non-hydrogen) atoms. The zero-order valence-corrected chi connectivity index (χ0v) is 15.0. The van der Waals surface area contributed by atoms with Gasteiger partial charge in [-0.25, -0.2) is 0 Å². The highest BCUT2D eigenvalue weighted by molar-refractivity contribution is 6.05. The Morgan fingerprint density at radius 1 is 1.08 bits per heavy atom. The molecule has 2 atom stereocenters. The molecule has 5 nitrogen and oxygen atoms in total. The Kier molecular flexibility index (Phi) is 4.57. The van der Waals surface area contributed by atoms with Crippen LogP contribution in [0.5, 0.6) is 0 Å². The van der Waals surface area contributed by atoms with Crippen molar-refractivity contribution in [1.82, 2.24) is 4.98 Å². The standard InChI is InChI=1S/C20H23N3O2/c1-11-10-17(11)20(25)22-16-7-5-15(6-8-16)19(24)23-18-12(2)9-13(3)21-14(18)4/h5-9,11,17H,10H2,1-4H3,(H,22,25)(H,23,24). The van der Waals surface area contributed by atoms with E-state index in [1.54, 1.807) is 24.3 Å². The molecule has 130 valence electrons. The second-order valence-corrected chi connectivity index (χ2v) is 6.88. The van der Waals surface area contributed by atoms with Gasteiger partial charge in [-0.3, -0.25) is 14.6 Å². The van der Waals surface area contributed by atoms with Crippen molar-refractivity contribution in [3.8, 4) is 0 Å². The lowest BCUT2D eigenvalue weighted by atomic mass is 10.1. The van der Waals surface area contributed by atoms with Crippen molar-refractivity contribution in [1.29, 1.82) is 0 Å². The first kappa shape index (κ1) is 17.1. The second kappa shape index (κ2) is 6.67. The number of benzene rings is 1. The summed E-state index contributed by atoms with van der Waals surface area (Å²) in [6.07, 6.45) is 0.954. The fourth-order valence-electron chi connectivity index (χ4n) is 3.03. The van der Waals surface area contributed by atoms with Crippen LogP contribution in [0.15, 0.2) is 30.3 Å². The summed E-state index contributed by atoms with van der Waals surface area (Å²) in [6, 6.07) is 8.89. The Morgan fingerprint density at radius 3 is 2.28 bits per heavy atom. The minimum Gasteiger partial charge on any atom is -0.326 e. The number of aryl methyl sites for hydroxylation is 3. The fraction of sp³-hybridized carbons (Fsp3) is 0.350. The van der Waals surface area contributed by atoms with Crippen LogP contribution in [0.2, 0.25) is 0 Å². The van der Waals surface area contributed by atoms with E-state index in [9.17, 15) is 9.59 Å². The molecule has 2 aromatic rings. The number of hydrogen-bond acceptors (Lipinski definition) is 3. The first-order valence-corrected chi connectivity index (χ1v) is 8.52. The van der Waals surface area contributed by atoms with Crippen molar-refractivity contribution in [3.63, 3.8) is 0 Å². The van der Waals surface area contributed by atoms with Crippen LogP contribution in [-0.4, -0.2) is 16.8 Å². The minimum atomic E-state index is -0.189. The van der Waals surface area contributed by atoms with Crippen LogP contribution in [0, 0.1) is 32.6 Å². The number of rotatable bonds is 4. The highest BCUT2D eigenvalue weighted by Crippen LogP contribution is 2.38. The maximum absolute atomic E-state index is 12.5. The van der Waals surface area contributed by atoms with Gasteiger partial charge in [0, 0.05) is 22.9 Å². The van der Waals surface area contributed by atoms with Crippen LogP contribution in [-0.2, 0) is 4.79 Å². The maximum atomic E-state index is 12.5. The van der Waals surface area contributed by atoms with Gasteiger partial charge in [0.2, 0.25) is 5.91 Å². The molecule has 2 N–H and O–H groups in total. The van der Waals surface area contributed by atoms with Gasteiger partial charge in [0.25, 0.3) is 5.91 Å². The summed E-state index contributed by atoms with van der Waals surface area (Å²) in [5.41, 5.74) is 4.71. The first-order chi connectivity index (χ1) is 11.8. The van der Waals surface area contributed by atoms with Crippen molar-refractivity contribution < 1.29 is 9.59 Å². The number of carbonyl (C=O) groups excluding carboxylic acids is 2. The van der Waals surface area contributed by atoms with Crippen molar-refractivity contribution in [2.75, 3.05) is 10.6 Å². The molecule has 1 saturated carbocycles. The number of pyridine rings is 1. The molecule has 1 aliphatic carbocycles. The summed E-state index contributed by atoms with van der Waals surface area (Å²) in [4.78, 5) is 28.8. The van der Waals surface area contributed by atoms with E-state index in [1.807, 2.05) is 26.8 Å². The molecule has 1 aliphatic rings. The number of nitrogens with one attached hydrogen (secondary N) is 2. The molecule has 3 rings (SSSR count). The summed E-state index contributed by atoms with van der Waals surface area (Å²) in [5, 5.41) is 5.82. The molecule has 1 aromatic carbocycles. The van der Waals surface area contributed by atoms with Crippen LogP contribution >= 0.6 is 0 Å². The SMILES string of the molecule is Cc1cc(C)c(NC(=O)c2ccc(NC(=O)C3CC3C)cc2)c(C)n1. The van der Waals surface area contributed by atoms with Gasteiger partial charge in [0.1, 0.15) is 0 Å². The molecule has 1 aromatic heterocycles. The van der Waals surface area contributed by atoms with E-state index >= 15 is 0 Å². The van der Waals surface area contributed by atoms with Crippen LogP contribution in [0.3, 0.4) is 0 Å². The highest BCUT2D eigenvalue weighted by atomic mass is 16.2. The van der Waals surface area contributed by atoms with Gasteiger partial charge in [0.05, 0.1) is 11.4 Å². The predicted octanol–water partition coefficient (Wildman–Crippen LogP) is 3.85. The number of anilines is 2. The lowest BCUT2D eigenvalue weighted by Gasteiger charge is -2.12. The summed E-state index contributed by atoms with van der Waals surface area (Å²) < 4.78 is 0. The molecule has 2 unspecified atom stereocenters. The summed E-state index contributed by atoms with van der Waals surface area (Å²) in [5.74, 6) is 0.467. The third-order valence-electron chi connectivity index (χ3n) is 4.62. The number of aromatic nitrogens is 1. The molecule has 2 amide bonds. The van der Waals surface area contributed by atoms with Gasteiger partial charge >= 0.3 is 0 Å². The molecular weight excluding hydrogens is 314 g/mol. The summed E-state index contributed by atoms with van der Waals surface area (Å²) in [7, 11) is 0. The number of hydrogen-bond donors (Lipinski definition) is 2. The van der Waals surface area contributed by atoms with Crippen molar-refractivity contribution >= 4 is 23.2 Å². The molecule has 1 heterocycles. The normalized spacial score (nSPS) is 18.6. The quantitative estimate of drug-likeness (QED) is 0.890. The number of nitrogens with zero attached hydrogens (tertiary/aromatic N) is 1. The van der Waals surface area contributed by atoms with Crippen molar-refractivity contribution in [2.24, 2.45) is 11.8 Å². The van der Waals surface area contributed by atoms with Crippen molar-refractivity contribution in [2.45, 2.75) is 34.1 Å². The van der Waals surface area contributed by atoms with Crippen LogP contribution < -0.4 is 10.6 Å². The lowest BCUT2D eigenvalue weighted by Crippen LogP contribution is -2.16. The largest absolute Gasteiger partial charge is 0.326 e. The fourth-order valence-corrected chi connectivity index (χ4v) is 3.03. The molecule has 0 bridgehead atoms. The molecule has 0 saturated heterocycles. The topological polar surface area (TPSA) is 71.1 Å². The van der Waals surface area contributed by atoms with E-state index in [2.05, 4.69) is 22.5 Å². The van der Waals surface area contributed by atoms with Gasteiger partial charge in [-0.1, -0.05) is 6.92 Å². The Labute approximate surface area is 147 Å². The van der Waals surface area contributed by atoms with Crippen LogP contribution in [0.4, 0.5) is 11.4 Å². The minimum absolute atomic E-state index is 0.0571. The monoisotopic (exact) mass is 337 g/mol. The van der Waals surface area contributed by atoms with E-state index in [1.165, 1.54) is 0 Å². The van der Waals surface area contributed by atoms with Crippen LogP contribution in [0.25, 0.3) is 0 Å². The molecule has 5 heteroatoms. The van der Waals surface area contributed by atoms with Gasteiger partial charge in [-0.15, -0.1) is 0 Å². The molecule has 0 aliphatic heterocycles. The average Bonchev–Trinajstić information content (AvgIpc) is 3.28. The first-order valence-electron chi connectivity index (χ1n) is 8.52.